The van der Waals surface area contributed by atoms with Crippen molar-refractivity contribution in [3.63, 3.8) is 0 Å². The predicted molar refractivity (Wildman–Crippen MR) is 81.1 cm³/mol. The predicted octanol–water partition coefficient (Wildman–Crippen LogP) is 3.98. The molecule has 1 aromatic heterocycles. The second kappa shape index (κ2) is 6.51. The second-order valence-electron chi connectivity index (χ2n) is 6.37. The molecule has 1 saturated carbocycles. The van der Waals surface area contributed by atoms with Crippen LogP contribution in [0.15, 0.2) is 18.5 Å². The Balaban J connectivity index is 2.23. The van der Waals surface area contributed by atoms with Gasteiger partial charge in [0.2, 0.25) is 0 Å². The molecule has 2 heteroatoms. The number of nitrogens with one attached hydrogen (secondary N) is 1. The zero-order valence-electron chi connectivity index (χ0n) is 12.8. The largest absolute Gasteiger partial charge is 0.313 e. The summed E-state index contributed by atoms with van der Waals surface area (Å²) in [5.41, 5.74) is 2.86. The molecule has 1 aliphatic carbocycles. The summed E-state index contributed by atoms with van der Waals surface area (Å²) in [6.07, 6.45) is 9.13. The highest BCUT2D eigenvalue weighted by atomic mass is 14.9. The van der Waals surface area contributed by atoms with Crippen molar-refractivity contribution in [2.24, 2.45) is 17.8 Å². The first-order chi connectivity index (χ1) is 9.15. The van der Waals surface area contributed by atoms with Gasteiger partial charge < -0.3 is 5.32 Å². The van der Waals surface area contributed by atoms with Crippen LogP contribution in [0.4, 0.5) is 0 Å². The molecular weight excluding hydrogens is 232 g/mol. The summed E-state index contributed by atoms with van der Waals surface area (Å²) in [5.74, 6) is 2.48. The van der Waals surface area contributed by atoms with E-state index in [0.29, 0.717) is 6.04 Å². The molecule has 0 bridgehead atoms. The Morgan fingerprint density at radius 1 is 1.26 bits per heavy atom. The fourth-order valence-electron chi connectivity index (χ4n) is 3.96. The Hall–Kier alpha value is -0.890. The maximum absolute atomic E-state index is 4.28. The van der Waals surface area contributed by atoms with Gasteiger partial charge in [-0.25, -0.2) is 0 Å². The Morgan fingerprint density at radius 2 is 1.95 bits per heavy atom. The first-order valence-corrected chi connectivity index (χ1v) is 7.75. The number of hydrogen-bond acceptors (Lipinski definition) is 2. The quantitative estimate of drug-likeness (QED) is 0.886. The lowest BCUT2D eigenvalue weighted by Gasteiger charge is -2.37. The van der Waals surface area contributed by atoms with Crippen LogP contribution in [0.5, 0.6) is 0 Å². The molecule has 3 atom stereocenters. The van der Waals surface area contributed by atoms with Gasteiger partial charge >= 0.3 is 0 Å². The van der Waals surface area contributed by atoms with Crippen LogP contribution in [0.2, 0.25) is 0 Å². The molecule has 0 amide bonds. The van der Waals surface area contributed by atoms with E-state index in [1.165, 1.54) is 30.4 Å². The fraction of sp³-hybridized carbons (Fsp3) is 0.706. The molecule has 0 saturated heterocycles. The number of hydrogen-bond donors (Lipinski definition) is 1. The molecule has 1 fully saturated rings. The maximum Gasteiger partial charge on any atom is 0.0350 e. The van der Waals surface area contributed by atoms with Crippen molar-refractivity contribution in [1.29, 1.82) is 0 Å². The van der Waals surface area contributed by atoms with Crippen LogP contribution < -0.4 is 5.32 Å². The third-order valence-electron chi connectivity index (χ3n) is 4.65. The van der Waals surface area contributed by atoms with Crippen LogP contribution in [0.25, 0.3) is 0 Å². The highest BCUT2D eigenvalue weighted by Crippen LogP contribution is 2.40. The molecule has 1 aliphatic rings. The van der Waals surface area contributed by atoms with Gasteiger partial charge in [0.1, 0.15) is 0 Å². The van der Waals surface area contributed by atoms with Crippen molar-refractivity contribution < 1.29 is 0 Å². The Kier molecular flexibility index (Phi) is 4.98. The van der Waals surface area contributed by atoms with Crippen LogP contribution in [0, 0.1) is 17.8 Å². The van der Waals surface area contributed by atoms with Crippen molar-refractivity contribution in [3.8, 4) is 0 Å². The summed E-state index contributed by atoms with van der Waals surface area (Å²) in [6, 6.07) is 2.70. The van der Waals surface area contributed by atoms with Crippen LogP contribution in [0.3, 0.4) is 0 Å². The monoisotopic (exact) mass is 260 g/mol. The SMILES string of the molecule is CCc1cnccc1C(NC)C1CC(C)CC(C)C1. The second-order valence-corrected chi connectivity index (χ2v) is 6.37. The maximum atomic E-state index is 4.28. The Morgan fingerprint density at radius 3 is 2.53 bits per heavy atom. The molecular formula is C17H28N2. The summed E-state index contributed by atoms with van der Waals surface area (Å²) < 4.78 is 0. The molecule has 0 radical (unpaired) electrons. The number of aromatic nitrogens is 1. The molecule has 0 spiro atoms. The molecule has 2 nitrogen and oxygen atoms in total. The van der Waals surface area contributed by atoms with E-state index in [1.54, 1.807) is 0 Å². The highest BCUT2D eigenvalue weighted by Gasteiger charge is 2.30. The van der Waals surface area contributed by atoms with Gasteiger partial charge in [0.05, 0.1) is 0 Å². The summed E-state index contributed by atoms with van der Waals surface area (Å²) in [4.78, 5) is 4.28. The molecule has 1 N–H and O–H groups in total. The lowest BCUT2D eigenvalue weighted by atomic mass is 9.72. The molecule has 0 aliphatic heterocycles. The molecule has 1 heterocycles. The Bertz CT molecular complexity index is 392. The van der Waals surface area contributed by atoms with Gasteiger partial charge in [-0.1, -0.05) is 20.8 Å². The Labute approximate surface area is 118 Å². The van der Waals surface area contributed by atoms with E-state index < -0.39 is 0 Å². The summed E-state index contributed by atoms with van der Waals surface area (Å²) >= 11 is 0. The average Bonchev–Trinajstić information content (AvgIpc) is 2.39. The van der Waals surface area contributed by atoms with Gasteiger partial charge in [-0.3, -0.25) is 4.98 Å². The molecule has 0 aromatic carbocycles. The van der Waals surface area contributed by atoms with Gasteiger partial charge in [0.25, 0.3) is 0 Å². The fourth-order valence-corrected chi connectivity index (χ4v) is 3.96. The van der Waals surface area contributed by atoms with Crippen molar-refractivity contribution in [2.45, 2.75) is 52.5 Å². The molecule has 1 aromatic rings. The molecule has 19 heavy (non-hydrogen) atoms. The van der Waals surface area contributed by atoms with Crippen LogP contribution in [-0.4, -0.2) is 12.0 Å². The van der Waals surface area contributed by atoms with E-state index in [2.05, 4.69) is 44.2 Å². The average molecular weight is 260 g/mol. The standard InChI is InChI=1S/C17H28N2/c1-5-14-11-19-7-6-16(14)17(18-4)15-9-12(2)8-13(3)10-15/h6-7,11-13,15,17-18H,5,8-10H2,1-4H3. The third-order valence-corrected chi connectivity index (χ3v) is 4.65. The third kappa shape index (κ3) is 3.36. The van der Waals surface area contributed by atoms with Crippen LogP contribution >= 0.6 is 0 Å². The number of rotatable bonds is 4. The van der Waals surface area contributed by atoms with Crippen molar-refractivity contribution in [1.82, 2.24) is 10.3 Å². The topological polar surface area (TPSA) is 24.9 Å². The van der Waals surface area contributed by atoms with Gasteiger partial charge in [-0.15, -0.1) is 0 Å². The first-order valence-electron chi connectivity index (χ1n) is 7.75. The summed E-state index contributed by atoms with van der Waals surface area (Å²) in [6.45, 7) is 7.03. The van der Waals surface area contributed by atoms with E-state index in [9.17, 15) is 0 Å². The van der Waals surface area contributed by atoms with Crippen molar-refractivity contribution >= 4 is 0 Å². The first kappa shape index (κ1) is 14.5. The van der Waals surface area contributed by atoms with E-state index in [-0.39, 0.29) is 0 Å². The molecule has 3 unspecified atom stereocenters. The number of aryl methyl sites for hydroxylation is 1. The van der Waals surface area contributed by atoms with E-state index >= 15 is 0 Å². The molecule has 2 rings (SSSR count). The van der Waals surface area contributed by atoms with E-state index in [4.69, 9.17) is 0 Å². The minimum Gasteiger partial charge on any atom is -0.313 e. The van der Waals surface area contributed by atoms with E-state index in [1.807, 2.05) is 12.4 Å². The van der Waals surface area contributed by atoms with Crippen LogP contribution in [0.1, 0.15) is 57.2 Å². The zero-order valence-corrected chi connectivity index (χ0v) is 12.8. The summed E-state index contributed by atoms with van der Waals surface area (Å²) in [7, 11) is 2.11. The summed E-state index contributed by atoms with van der Waals surface area (Å²) in [5, 5.41) is 3.58. The zero-order chi connectivity index (χ0) is 13.8. The van der Waals surface area contributed by atoms with Crippen molar-refractivity contribution in [3.05, 3.63) is 29.6 Å². The normalized spacial score (nSPS) is 29.2. The number of nitrogens with zero attached hydrogens (tertiary/aromatic N) is 1. The van der Waals surface area contributed by atoms with Gasteiger partial charge in [-0.2, -0.15) is 0 Å². The smallest absolute Gasteiger partial charge is 0.0350 e. The van der Waals surface area contributed by atoms with Crippen molar-refractivity contribution in [2.75, 3.05) is 7.05 Å². The van der Waals surface area contributed by atoms with E-state index in [0.717, 1.165) is 24.2 Å². The lowest BCUT2D eigenvalue weighted by molar-refractivity contribution is 0.180. The molecule has 106 valence electrons. The lowest BCUT2D eigenvalue weighted by Crippen LogP contribution is -2.32. The van der Waals surface area contributed by atoms with Crippen LogP contribution in [-0.2, 0) is 6.42 Å². The minimum atomic E-state index is 0.489. The minimum absolute atomic E-state index is 0.489. The number of pyridine rings is 1. The van der Waals surface area contributed by atoms with Gasteiger partial charge in [0.15, 0.2) is 0 Å². The van der Waals surface area contributed by atoms with Gasteiger partial charge in [-0.05, 0) is 67.7 Å². The highest BCUT2D eigenvalue weighted by molar-refractivity contribution is 5.27. The van der Waals surface area contributed by atoms with Gasteiger partial charge in [0, 0.05) is 18.4 Å².